The first-order valence-electron chi connectivity index (χ1n) is 7.49. The number of hydrogen-bond acceptors (Lipinski definition) is 4. The fourth-order valence-corrected chi connectivity index (χ4v) is 4.54. The van der Waals surface area contributed by atoms with Gasteiger partial charge in [0.15, 0.2) is 0 Å². The summed E-state index contributed by atoms with van der Waals surface area (Å²) in [5, 5.41) is 3.02. The zero-order valence-corrected chi connectivity index (χ0v) is 14.3. The monoisotopic (exact) mass is 365 g/mol. The minimum atomic E-state index is -3.32. The van der Waals surface area contributed by atoms with Crippen LogP contribution in [-0.4, -0.2) is 31.6 Å². The minimum absolute atomic E-state index is 0.129. The maximum absolute atomic E-state index is 12.2. The Bertz CT molecular complexity index is 856. The lowest BCUT2D eigenvalue weighted by Gasteiger charge is -2.29. The zero-order valence-electron chi connectivity index (χ0n) is 12.8. The third-order valence-electron chi connectivity index (χ3n) is 3.77. The summed E-state index contributed by atoms with van der Waals surface area (Å²) in [6, 6.07) is 8.02. The van der Waals surface area contributed by atoms with E-state index in [4.69, 9.17) is 11.6 Å². The Hall–Kier alpha value is -2.12. The number of aromatic nitrogens is 1. The molecule has 6 nitrogen and oxygen atoms in total. The number of carbonyl (C=O) groups excluding carboxylic acids is 1. The fourth-order valence-electron chi connectivity index (χ4n) is 2.55. The van der Waals surface area contributed by atoms with Crippen molar-refractivity contribution in [2.24, 2.45) is 0 Å². The number of nitrogens with zero attached hydrogens (tertiary/aromatic N) is 2. The van der Waals surface area contributed by atoms with E-state index in [2.05, 4.69) is 10.3 Å². The number of pyridine rings is 1. The maximum Gasteiger partial charge on any atom is 0.255 e. The number of benzene rings is 1. The van der Waals surface area contributed by atoms with Crippen LogP contribution in [-0.2, 0) is 10.0 Å². The van der Waals surface area contributed by atoms with Gasteiger partial charge in [-0.15, -0.1) is 0 Å². The molecular formula is C16H16ClN3O3S. The highest BCUT2D eigenvalue weighted by Gasteiger charge is 2.27. The number of hydrogen-bond donors (Lipinski definition) is 1. The second-order valence-electron chi connectivity index (χ2n) is 5.45. The van der Waals surface area contributed by atoms with Crippen molar-refractivity contribution >= 4 is 38.9 Å². The smallest absolute Gasteiger partial charge is 0.255 e. The first kappa shape index (κ1) is 16.7. The summed E-state index contributed by atoms with van der Waals surface area (Å²) in [7, 11) is -3.32. The van der Waals surface area contributed by atoms with Crippen LogP contribution in [0.4, 0.5) is 11.4 Å². The first-order chi connectivity index (χ1) is 11.5. The summed E-state index contributed by atoms with van der Waals surface area (Å²) in [6.07, 6.45) is 4.53. The molecule has 1 aliphatic heterocycles. The predicted molar refractivity (Wildman–Crippen MR) is 94.0 cm³/mol. The van der Waals surface area contributed by atoms with Crippen molar-refractivity contribution in [1.29, 1.82) is 0 Å². The molecule has 24 heavy (non-hydrogen) atoms. The molecule has 0 saturated carbocycles. The molecule has 3 rings (SSSR count). The normalized spacial score (nSPS) is 16.6. The van der Waals surface area contributed by atoms with Crippen LogP contribution in [0.25, 0.3) is 0 Å². The molecule has 0 spiro atoms. The van der Waals surface area contributed by atoms with Gasteiger partial charge in [-0.1, -0.05) is 11.6 Å². The lowest BCUT2D eigenvalue weighted by molar-refractivity contribution is 0.102. The quantitative estimate of drug-likeness (QED) is 0.906. The standard InChI is InChI=1S/C16H16ClN3O3S/c17-14-11-13(19-16(21)12-5-7-18-8-6-12)3-4-15(14)20-9-1-2-10-24(20,22)23/h3-8,11H,1-2,9-10H2,(H,19,21). The van der Waals surface area contributed by atoms with Gasteiger partial charge in [-0.3, -0.25) is 14.1 Å². The summed E-state index contributed by atoms with van der Waals surface area (Å²) >= 11 is 6.25. The lowest BCUT2D eigenvalue weighted by Crippen LogP contribution is -2.38. The van der Waals surface area contributed by atoms with Gasteiger partial charge < -0.3 is 5.32 Å². The average molecular weight is 366 g/mol. The predicted octanol–water partition coefficient (Wildman–Crippen LogP) is 2.92. The maximum atomic E-state index is 12.2. The van der Waals surface area contributed by atoms with Crippen molar-refractivity contribution in [2.45, 2.75) is 12.8 Å². The second-order valence-corrected chi connectivity index (χ2v) is 7.87. The number of sulfonamides is 1. The molecule has 0 bridgehead atoms. The van der Waals surface area contributed by atoms with Gasteiger partial charge >= 0.3 is 0 Å². The second kappa shape index (κ2) is 6.78. The molecular weight excluding hydrogens is 350 g/mol. The Morgan fingerprint density at radius 1 is 1.17 bits per heavy atom. The molecule has 2 heterocycles. The van der Waals surface area contributed by atoms with E-state index < -0.39 is 10.0 Å². The van der Waals surface area contributed by atoms with Crippen LogP contribution in [0.2, 0.25) is 5.02 Å². The van der Waals surface area contributed by atoms with Gasteiger partial charge in [0, 0.05) is 30.2 Å². The van der Waals surface area contributed by atoms with E-state index in [1.807, 2.05) is 0 Å². The highest BCUT2D eigenvalue weighted by Crippen LogP contribution is 2.32. The summed E-state index contributed by atoms with van der Waals surface area (Å²) in [5.74, 6) is -0.157. The zero-order chi connectivity index (χ0) is 17.2. The van der Waals surface area contributed by atoms with Gasteiger partial charge in [-0.25, -0.2) is 8.42 Å². The molecule has 0 atom stereocenters. The molecule has 1 N–H and O–H groups in total. The Balaban J connectivity index is 1.81. The summed E-state index contributed by atoms with van der Waals surface area (Å²) < 4.78 is 25.7. The Morgan fingerprint density at radius 3 is 2.58 bits per heavy atom. The molecule has 1 fully saturated rings. The van der Waals surface area contributed by atoms with Gasteiger partial charge in [0.05, 0.1) is 16.5 Å². The molecule has 1 amide bonds. The molecule has 8 heteroatoms. The number of halogens is 1. The van der Waals surface area contributed by atoms with E-state index in [1.54, 1.807) is 30.3 Å². The minimum Gasteiger partial charge on any atom is -0.322 e. The van der Waals surface area contributed by atoms with Gasteiger partial charge in [0.25, 0.3) is 5.91 Å². The van der Waals surface area contributed by atoms with E-state index in [0.29, 0.717) is 29.9 Å². The third kappa shape index (κ3) is 3.52. The van der Waals surface area contributed by atoms with Gasteiger partial charge in [0.1, 0.15) is 0 Å². The van der Waals surface area contributed by atoms with Crippen LogP contribution in [0.3, 0.4) is 0 Å². The SMILES string of the molecule is O=C(Nc1ccc(N2CCCCS2(=O)=O)c(Cl)c1)c1ccncc1. The fraction of sp³-hybridized carbons (Fsp3) is 0.250. The van der Waals surface area contributed by atoms with Gasteiger partial charge in [-0.05, 0) is 43.2 Å². The van der Waals surface area contributed by atoms with Gasteiger partial charge in [0.2, 0.25) is 10.0 Å². The lowest BCUT2D eigenvalue weighted by atomic mass is 10.2. The summed E-state index contributed by atoms with van der Waals surface area (Å²) in [6.45, 7) is 0.421. The van der Waals surface area contributed by atoms with Crippen molar-refractivity contribution in [3.8, 4) is 0 Å². The Kier molecular flexibility index (Phi) is 4.73. The molecule has 0 aliphatic carbocycles. The van der Waals surface area contributed by atoms with Crippen molar-refractivity contribution in [2.75, 3.05) is 21.9 Å². The number of rotatable bonds is 3. The molecule has 1 aliphatic rings. The number of carbonyl (C=O) groups is 1. The molecule has 0 radical (unpaired) electrons. The highest BCUT2D eigenvalue weighted by molar-refractivity contribution is 7.92. The van der Waals surface area contributed by atoms with Crippen LogP contribution in [0.5, 0.6) is 0 Å². The summed E-state index contributed by atoms with van der Waals surface area (Å²) in [5.41, 5.74) is 1.42. The van der Waals surface area contributed by atoms with E-state index in [9.17, 15) is 13.2 Å². The molecule has 1 aromatic heterocycles. The number of nitrogens with one attached hydrogen (secondary N) is 1. The van der Waals surface area contributed by atoms with E-state index in [-0.39, 0.29) is 16.7 Å². The molecule has 126 valence electrons. The van der Waals surface area contributed by atoms with Crippen molar-refractivity contribution in [1.82, 2.24) is 4.98 Å². The molecule has 1 aromatic carbocycles. The Morgan fingerprint density at radius 2 is 1.92 bits per heavy atom. The first-order valence-corrected chi connectivity index (χ1v) is 9.47. The van der Waals surface area contributed by atoms with Crippen LogP contribution in [0.15, 0.2) is 42.7 Å². The van der Waals surface area contributed by atoms with E-state index >= 15 is 0 Å². The molecule has 0 unspecified atom stereocenters. The van der Waals surface area contributed by atoms with Crippen LogP contribution >= 0.6 is 11.6 Å². The van der Waals surface area contributed by atoms with E-state index in [0.717, 1.165) is 6.42 Å². The van der Waals surface area contributed by atoms with Gasteiger partial charge in [-0.2, -0.15) is 0 Å². The largest absolute Gasteiger partial charge is 0.322 e. The van der Waals surface area contributed by atoms with E-state index in [1.165, 1.54) is 16.7 Å². The number of amides is 1. The number of anilines is 2. The summed E-state index contributed by atoms with van der Waals surface area (Å²) in [4.78, 5) is 16.0. The third-order valence-corrected chi connectivity index (χ3v) is 5.92. The Labute approximate surface area is 145 Å². The highest BCUT2D eigenvalue weighted by atomic mass is 35.5. The topological polar surface area (TPSA) is 79.4 Å². The molecule has 1 saturated heterocycles. The van der Waals surface area contributed by atoms with Crippen molar-refractivity contribution < 1.29 is 13.2 Å². The van der Waals surface area contributed by atoms with Crippen molar-refractivity contribution in [3.63, 3.8) is 0 Å². The average Bonchev–Trinajstić information content (AvgIpc) is 2.56. The van der Waals surface area contributed by atoms with Crippen LogP contribution < -0.4 is 9.62 Å². The molecule has 2 aromatic rings. The van der Waals surface area contributed by atoms with Crippen molar-refractivity contribution in [3.05, 3.63) is 53.3 Å². The van der Waals surface area contributed by atoms with Crippen LogP contribution in [0, 0.1) is 0 Å². The van der Waals surface area contributed by atoms with Crippen LogP contribution in [0.1, 0.15) is 23.2 Å².